The van der Waals surface area contributed by atoms with Gasteiger partial charge in [0.15, 0.2) is 5.75 Å². The van der Waals surface area contributed by atoms with E-state index in [1.54, 1.807) is 19.1 Å². The molecule has 0 aliphatic carbocycles. The van der Waals surface area contributed by atoms with E-state index in [4.69, 9.17) is 9.47 Å². The Morgan fingerprint density at radius 1 is 1.07 bits per heavy atom. The summed E-state index contributed by atoms with van der Waals surface area (Å²) >= 11 is 0. The number of amides is 1. The van der Waals surface area contributed by atoms with E-state index in [0.717, 1.165) is 6.20 Å². The van der Waals surface area contributed by atoms with E-state index >= 15 is 0 Å². The fraction of sp³-hybridized carbons (Fsp3) is 0.407. The lowest BCUT2D eigenvalue weighted by Crippen LogP contribution is -2.46. The van der Waals surface area contributed by atoms with Gasteiger partial charge in [-0.1, -0.05) is 6.92 Å². The molecule has 0 bridgehead atoms. The van der Waals surface area contributed by atoms with Crippen molar-refractivity contribution in [1.29, 1.82) is 0 Å². The number of rotatable bonds is 7. The molecule has 1 amide bonds. The highest BCUT2D eigenvalue weighted by molar-refractivity contribution is 5.90. The molecule has 3 aromatic rings. The number of nitrogens with one attached hydrogen (secondary N) is 1. The average molecular weight is 600 g/mol. The van der Waals surface area contributed by atoms with Gasteiger partial charge in [-0.3, -0.25) is 4.90 Å². The Morgan fingerprint density at radius 3 is 2.31 bits per heavy atom. The summed E-state index contributed by atoms with van der Waals surface area (Å²) in [5.74, 6) is -0.322. The van der Waals surface area contributed by atoms with Gasteiger partial charge in [0, 0.05) is 18.5 Å². The first-order chi connectivity index (χ1) is 19.7. The number of ether oxygens (including phenoxy) is 2. The SMILES string of the molecule is CCOC(=O)N1c2ccc(OC)nc2C(Nc2ncc(O)c(Cc3cc(C(F)(F)F)cc(C(F)(F)F)c3)n2)CC1CC. The number of fused-ring (bicyclic) bond motifs is 1. The zero-order chi connectivity index (χ0) is 30.8. The lowest BCUT2D eigenvalue weighted by Gasteiger charge is -2.39. The van der Waals surface area contributed by atoms with E-state index in [9.17, 15) is 36.2 Å². The first-order valence-electron chi connectivity index (χ1n) is 12.9. The quantitative estimate of drug-likeness (QED) is 0.296. The normalized spacial score (nSPS) is 17.0. The minimum absolute atomic E-state index is 0.0296. The van der Waals surface area contributed by atoms with Crippen LogP contribution in [-0.2, 0) is 23.5 Å². The molecule has 2 unspecified atom stereocenters. The molecule has 0 spiro atoms. The summed E-state index contributed by atoms with van der Waals surface area (Å²) < 4.78 is 90.5. The third kappa shape index (κ3) is 6.60. The lowest BCUT2D eigenvalue weighted by molar-refractivity contribution is -0.143. The molecule has 2 N–H and O–H groups in total. The number of hydrogen-bond acceptors (Lipinski definition) is 8. The van der Waals surface area contributed by atoms with Crippen molar-refractivity contribution in [1.82, 2.24) is 15.0 Å². The Kier molecular flexibility index (Phi) is 8.68. The largest absolute Gasteiger partial charge is 0.504 e. The Balaban J connectivity index is 1.69. The van der Waals surface area contributed by atoms with Crippen LogP contribution in [0.3, 0.4) is 0 Å². The van der Waals surface area contributed by atoms with Crippen LogP contribution in [0, 0.1) is 0 Å². The molecule has 0 radical (unpaired) electrons. The van der Waals surface area contributed by atoms with Crippen molar-refractivity contribution < 1.29 is 45.7 Å². The van der Waals surface area contributed by atoms with E-state index < -0.39 is 47.8 Å². The van der Waals surface area contributed by atoms with Crippen LogP contribution < -0.4 is 15.0 Å². The molecule has 226 valence electrons. The van der Waals surface area contributed by atoms with Crippen LogP contribution in [0.4, 0.5) is 42.8 Å². The highest BCUT2D eigenvalue weighted by Gasteiger charge is 2.39. The minimum Gasteiger partial charge on any atom is -0.504 e. The van der Waals surface area contributed by atoms with Crippen LogP contribution in [-0.4, -0.2) is 45.9 Å². The van der Waals surface area contributed by atoms with Crippen molar-refractivity contribution in [3.8, 4) is 11.6 Å². The number of aromatic hydroxyl groups is 1. The minimum atomic E-state index is -5.02. The van der Waals surface area contributed by atoms with Crippen LogP contribution in [0.25, 0.3) is 0 Å². The number of pyridine rings is 1. The Hall–Kier alpha value is -4.30. The first kappa shape index (κ1) is 30.7. The fourth-order valence-electron chi connectivity index (χ4n) is 4.71. The zero-order valence-electron chi connectivity index (χ0n) is 22.7. The van der Waals surface area contributed by atoms with Gasteiger partial charge in [-0.25, -0.2) is 19.7 Å². The van der Waals surface area contributed by atoms with Gasteiger partial charge >= 0.3 is 18.4 Å². The van der Waals surface area contributed by atoms with E-state index in [1.807, 2.05) is 6.92 Å². The molecule has 1 aliphatic rings. The van der Waals surface area contributed by atoms with Crippen molar-refractivity contribution in [3.05, 3.63) is 64.6 Å². The topological polar surface area (TPSA) is 110 Å². The summed E-state index contributed by atoms with van der Waals surface area (Å²) in [5.41, 5.74) is -2.66. The summed E-state index contributed by atoms with van der Waals surface area (Å²) in [6.45, 7) is 3.73. The molecule has 2 aromatic heterocycles. The molecule has 15 heteroatoms. The summed E-state index contributed by atoms with van der Waals surface area (Å²) in [7, 11) is 1.42. The molecule has 4 rings (SSSR count). The van der Waals surface area contributed by atoms with Crippen LogP contribution in [0.15, 0.2) is 36.5 Å². The van der Waals surface area contributed by atoms with Crippen molar-refractivity contribution in [2.24, 2.45) is 0 Å². The molecule has 0 saturated carbocycles. The number of hydrogen-bond donors (Lipinski definition) is 2. The van der Waals surface area contributed by atoms with Crippen LogP contribution in [0.2, 0.25) is 0 Å². The second-order valence-electron chi connectivity index (χ2n) is 9.44. The molecule has 9 nitrogen and oxygen atoms in total. The molecule has 2 atom stereocenters. The average Bonchev–Trinajstić information content (AvgIpc) is 2.93. The number of carbonyl (C=O) groups is 1. The third-order valence-electron chi connectivity index (χ3n) is 6.65. The number of aromatic nitrogens is 3. The summed E-state index contributed by atoms with van der Waals surface area (Å²) in [5, 5.41) is 13.4. The second-order valence-corrected chi connectivity index (χ2v) is 9.44. The standard InChI is InChI=1S/C27H27F6N5O4/c1-4-17-12-19(23-20(6-7-22(37-23)41-3)38(17)25(40)42-5-2)36-24-34-13-21(39)18(35-24)10-14-8-15(26(28,29)30)11-16(9-14)27(31,32)33/h6-9,11,13,17,19,39H,4-5,10,12H2,1-3H3,(H,34,35,36). The number of benzene rings is 1. The highest BCUT2D eigenvalue weighted by Crippen LogP contribution is 2.41. The molecule has 42 heavy (non-hydrogen) atoms. The van der Waals surface area contributed by atoms with Gasteiger partial charge in [0.25, 0.3) is 0 Å². The van der Waals surface area contributed by atoms with Gasteiger partial charge in [0.1, 0.15) is 0 Å². The number of halogens is 6. The van der Waals surface area contributed by atoms with Crippen LogP contribution >= 0.6 is 0 Å². The Morgan fingerprint density at radius 2 is 1.74 bits per heavy atom. The molecule has 0 saturated heterocycles. The summed E-state index contributed by atoms with van der Waals surface area (Å²) in [6.07, 6.45) is -9.28. The van der Waals surface area contributed by atoms with E-state index in [0.29, 0.717) is 36.4 Å². The number of alkyl halides is 6. The first-order valence-corrected chi connectivity index (χ1v) is 12.9. The van der Waals surface area contributed by atoms with Gasteiger partial charge in [0.05, 0.1) is 54.2 Å². The van der Waals surface area contributed by atoms with E-state index in [2.05, 4.69) is 20.3 Å². The maximum atomic E-state index is 13.3. The van der Waals surface area contributed by atoms with Crippen molar-refractivity contribution in [3.63, 3.8) is 0 Å². The number of nitrogens with zero attached hydrogens (tertiary/aromatic N) is 4. The summed E-state index contributed by atoms with van der Waals surface area (Å²) in [6, 6.07) is 3.51. The Labute approximate surface area is 236 Å². The van der Waals surface area contributed by atoms with Crippen molar-refractivity contribution in [2.45, 2.75) is 57.5 Å². The maximum absolute atomic E-state index is 13.3. The molecule has 3 heterocycles. The van der Waals surface area contributed by atoms with Crippen LogP contribution in [0.1, 0.15) is 60.8 Å². The molecule has 1 aromatic carbocycles. The monoisotopic (exact) mass is 599 g/mol. The van der Waals surface area contributed by atoms with Gasteiger partial charge in [-0.15, -0.1) is 0 Å². The zero-order valence-corrected chi connectivity index (χ0v) is 22.7. The highest BCUT2D eigenvalue weighted by atomic mass is 19.4. The van der Waals surface area contributed by atoms with Gasteiger partial charge in [0.2, 0.25) is 11.8 Å². The van der Waals surface area contributed by atoms with E-state index in [1.165, 1.54) is 12.0 Å². The molecular formula is C27H27F6N5O4. The fourth-order valence-corrected chi connectivity index (χ4v) is 4.71. The van der Waals surface area contributed by atoms with Gasteiger partial charge < -0.3 is 19.9 Å². The lowest BCUT2D eigenvalue weighted by atomic mass is 9.93. The molecule has 0 fully saturated rings. The van der Waals surface area contributed by atoms with Gasteiger partial charge in [-0.2, -0.15) is 26.3 Å². The van der Waals surface area contributed by atoms with Crippen molar-refractivity contribution in [2.75, 3.05) is 23.9 Å². The predicted molar refractivity (Wildman–Crippen MR) is 138 cm³/mol. The van der Waals surface area contributed by atoms with E-state index in [-0.39, 0.29) is 41.8 Å². The summed E-state index contributed by atoms with van der Waals surface area (Å²) in [4.78, 5) is 27.0. The van der Waals surface area contributed by atoms with Crippen molar-refractivity contribution >= 4 is 17.7 Å². The smallest absolute Gasteiger partial charge is 0.416 e. The second kappa shape index (κ2) is 11.9. The van der Waals surface area contributed by atoms with Gasteiger partial charge in [-0.05, 0) is 49.6 Å². The molecular weight excluding hydrogens is 572 g/mol. The number of methoxy groups -OCH3 is 1. The predicted octanol–water partition coefficient (Wildman–Crippen LogP) is 6.51. The maximum Gasteiger partial charge on any atom is 0.416 e. The number of carbonyl (C=O) groups excluding carboxylic acids is 1. The number of anilines is 2. The molecule has 1 aliphatic heterocycles. The third-order valence-corrected chi connectivity index (χ3v) is 6.65. The Bertz CT molecular complexity index is 1420. The van der Waals surface area contributed by atoms with Crippen LogP contribution in [0.5, 0.6) is 11.6 Å².